The summed E-state index contributed by atoms with van der Waals surface area (Å²) >= 11 is 2.12. The minimum absolute atomic E-state index is 0.428. The first-order valence-corrected chi connectivity index (χ1v) is 6.28. The van der Waals surface area contributed by atoms with Crippen molar-refractivity contribution < 1.29 is 5.11 Å². The number of aliphatic hydroxyl groups is 1. The van der Waals surface area contributed by atoms with Gasteiger partial charge in [-0.25, -0.2) is 9.97 Å². The Labute approximate surface area is 113 Å². The van der Waals surface area contributed by atoms with E-state index in [9.17, 15) is 5.11 Å². The van der Waals surface area contributed by atoms with Crippen LogP contribution in [0, 0.1) is 3.70 Å². The minimum atomic E-state index is -0.538. The van der Waals surface area contributed by atoms with Crippen molar-refractivity contribution in [3.63, 3.8) is 0 Å². The summed E-state index contributed by atoms with van der Waals surface area (Å²) in [4.78, 5) is 8.07. The summed E-state index contributed by atoms with van der Waals surface area (Å²) in [5, 5.41) is 13.0. The predicted molar refractivity (Wildman–Crippen MR) is 74.6 cm³/mol. The van der Waals surface area contributed by atoms with E-state index in [-0.39, 0.29) is 0 Å². The molecule has 0 bridgehead atoms. The van der Waals surface area contributed by atoms with Crippen LogP contribution in [0.25, 0.3) is 0 Å². The van der Waals surface area contributed by atoms with Crippen LogP contribution in [0.2, 0.25) is 0 Å². The molecular formula is C12H12IN3O. The number of aliphatic hydroxyl groups excluding tert-OH is 1. The highest BCUT2D eigenvalue weighted by molar-refractivity contribution is 14.1. The SMILES string of the molecule is OC(CNc1cc(I)ncn1)c1ccccc1. The number of halogens is 1. The van der Waals surface area contributed by atoms with Crippen molar-refractivity contribution in [3.8, 4) is 0 Å². The van der Waals surface area contributed by atoms with E-state index in [0.29, 0.717) is 6.54 Å². The highest BCUT2D eigenvalue weighted by atomic mass is 127. The summed E-state index contributed by atoms with van der Waals surface area (Å²) in [7, 11) is 0. The molecule has 0 saturated carbocycles. The van der Waals surface area contributed by atoms with Crippen LogP contribution in [0.15, 0.2) is 42.7 Å². The standard InChI is InChI=1S/C12H12IN3O/c13-11-6-12(16-8-15-11)14-7-10(17)9-4-2-1-3-5-9/h1-6,8,10,17H,7H2,(H,14,15,16). The maximum absolute atomic E-state index is 9.94. The normalized spacial score (nSPS) is 12.1. The molecule has 88 valence electrons. The van der Waals surface area contributed by atoms with Gasteiger partial charge in [-0.05, 0) is 28.2 Å². The molecule has 0 radical (unpaired) electrons. The number of aromatic nitrogens is 2. The topological polar surface area (TPSA) is 58.0 Å². The van der Waals surface area contributed by atoms with Gasteiger partial charge < -0.3 is 10.4 Å². The van der Waals surface area contributed by atoms with Crippen molar-refractivity contribution in [2.45, 2.75) is 6.10 Å². The molecule has 1 aromatic carbocycles. The highest BCUT2D eigenvalue weighted by Crippen LogP contribution is 2.13. The summed E-state index contributed by atoms with van der Waals surface area (Å²) in [6.07, 6.45) is 0.961. The number of benzene rings is 1. The number of hydrogen-bond donors (Lipinski definition) is 2. The molecule has 0 aliphatic carbocycles. The quantitative estimate of drug-likeness (QED) is 0.662. The van der Waals surface area contributed by atoms with E-state index in [1.807, 2.05) is 36.4 Å². The van der Waals surface area contributed by atoms with Gasteiger partial charge in [0.15, 0.2) is 0 Å². The zero-order chi connectivity index (χ0) is 12.1. The highest BCUT2D eigenvalue weighted by Gasteiger charge is 2.06. The van der Waals surface area contributed by atoms with Crippen LogP contribution in [0.3, 0.4) is 0 Å². The molecule has 1 aromatic heterocycles. The van der Waals surface area contributed by atoms with Gasteiger partial charge in [0.2, 0.25) is 0 Å². The maximum atomic E-state index is 9.94. The molecule has 1 unspecified atom stereocenters. The fourth-order valence-electron chi connectivity index (χ4n) is 1.42. The van der Waals surface area contributed by atoms with E-state index < -0.39 is 6.10 Å². The molecule has 17 heavy (non-hydrogen) atoms. The lowest BCUT2D eigenvalue weighted by atomic mass is 10.1. The number of rotatable bonds is 4. The second kappa shape index (κ2) is 5.92. The first kappa shape index (κ1) is 12.3. The van der Waals surface area contributed by atoms with Gasteiger partial charge >= 0.3 is 0 Å². The monoisotopic (exact) mass is 341 g/mol. The van der Waals surface area contributed by atoms with Crippen molar-refractivity contribution in [3.05, 3.63) is 52.0 Å². The fraction of sp³-hybridized carbons (Fsp3) is 0.167. The third-order valence-electron chi connectivity index (χ3n) is 2.29. The van der Waals surface area contributed by atoms with Gasteiger partial charge in [-0.3, -0.25) is 0 Å². The van der Waals surface area contributed by atoms with E-state index >= 15 is 0 Å². The molecule has 0 fully saturated rings. The molecule has 2 N–H and O–H groups in total. The lowest BCUT2D eigenvalue weighted by molar-refractivity contribution is 0.191. The van der Waals surface area contributed by atoms with Crippen LogP contribution in [0.5, 0.6) is 0 Å². The van der Waals surface area contributed by atoms with Gasteiger partial charge in [0.1, 0.15) is 15.8 Å². The molecule has 0 amide bonds. The Morgan fingerprint density at radius 1 is 1.24 bits per heavy atom. The molecule has 0 spiro atoms. The van der Waals surface area contributed by atoms with E-state index in [1.54, 1.807) is 0 Å². The number of nitrogens with zero attached hydrogens (tertiary/aromatic N) is 2. The molecular weight excluding hydrogens is 329 g/mol. The molecule has 0 aliphatic rings. The Balaban J connectivity index is 1.95. The van der Waals surface area contributed by atoms with Gasteiger partial charge in [0, 0.05) is 12.6 Å². The molecule has 2 rings (SSSR count). The van der Waals surface area contributed by atoms with E-state index in [0.717, 1.165) is 15.1 Å². The third kappa shape index (κ3) is 3.64. The van der Waals surface area contributed by atoms with Crippen molar-refractivity contribution >= 4 is 28.4 Å². The molecule has 0 saturated heterocycles. The largest absolute Gasteiger partial charge is 0.387 e. The molecule has 1 atom stereocenters. The lowest BCUT2D eigenvalue weighted by Gasteiger charge is -2.12. The van der Waals surface area contributed by atoms with Gasteiger partial charge in [-0.2, -0.15) is 0 Å². The Morgan fingerprint density at radius 2 is 2.00 bits per heavy atom. The Morgan fingerprint density at radius 3 is 2.71 bits per heavy atom. The summed E-state index contributed by atoms with van der Waals surface area (Å²) < 4.78 is 0.870. The zero-order valence-electron chi connectivity index (χ0n) is 9.05. The maximum Gasteiger partial charge on any atom is 0.130 e. The Bertz CT molecular complexity index is 478. The van der Waals surface area contributed by atoms with Crippen molar-refractivity contribution in [2.75, 3.05) is 11.9 Å². The molecule has 0 aliphatic heterocycles. The van der Waals surface area contributed by atoms with Crippen molar-refractivity contribution in [1.29, 1.82) is 0 Å². The fourth-order valence-corrected chi connectivity index (χ4v) is 1.84. The average molecular weight is 341 g/mol. The van der Waals surface area contributed by atoms with Gasteiger partial charge in [-0.1, -0.05) is 30.3 Å². The Kier molecular flexibility index (Phi) is 4.27. The van der Waals surface area contributed by atoms with Gasteiger partial charge in [-0.15, -0.1) is 0 Å². The van der Waals surface area contributed by atoms with Crippen LogP contribution in [-0.4, -0.2) is 21.6 Å². The van der Waals surface area contributed by atoms with Crippen LogP contribution in [0.4, 0.5) is 5.82 Å². The third-order valence-corrected chi connectivity index (χ3v) is 2.88. The van der Waals surface area contributed by atoms with E-state index in [2.05, 4.69) is 37.9 Å². The van der Waals surface area contributed by atoms with E-state index in [4.69, 9.17) is 0 Å². The van der Waals surface area contributed by atoms with Crippen LogP contribution in [-0.2, 0) is 0 Å². The summed E-state index contributed by atoms with van der Waals surface area (Å²) in [5.41, 5.74) is 0.892. The first-order chi connectivity index (χ1) is 8.25. The van der Waals surface area contributed by atoms with Crippen molar-refractivity contribution in [2.24, 2.45) is 0 Å². The molecule has 4 nitrogen and oxygen atoms in total. The summed E-state index contributed by atoms with van der Waals surface area (Å²) in [6.45, 7) is 0.428. The van der Waals surface area contributed by atoms with E-state index in [1.165, 1.54) is 6.33 Å². The zero-order valence-corrected chi connectivity index (χ0v) is 11.2. The Hall–Kier alpha value is -1.21. The number of nitrogens with one attached hydrogen (secondary N) is 1. The van der Waals surface area contributed by atoms with Crippen LogP contribution in [0.1, 0.15) is 11.7 Å². The molecule has 5 heteroatoms. The average Bonchev–Trinajstić information content (AvgIpc) is 2.37. The summed E-state index contributed by atoms with van der Waals surface area (Å²) in [5.74, 6) is 0.722. The number of anilines is 1. The second-order valence-corrected chi connectivity index (χ2v) is 4.64. The number of hydrogen-bond acceptors (Lipinski definition) is 4. The lowest BCUT2D eigenvalue weighted by Crippen LogP contribution is -2.13. The van der Waals surface area contributed by atoms with Crippen molar-refractivity contribution in [1.82, 2.24) is 9.97 Å². The minimum Gasteiger partial charge on any atom is -0.387 e. The predicted octanol–water partition coefficient (Wildman–Crippen LogP) is 2.23. The first-order valence-electron chi connectivity index (χ1n) is 5.20. The van der Waals surface area contributed by atoms with Gasteiger partial charge in [0.05, 0.1) is 6.10 Å². The van der Waals surface area contributed by atoms with Crippen LogP contribution < -0.4 is 5.32 Å². The second-order valence-electron chi connectivity index (χ2n) is 3.53. The molecule has 1 heterocycles. The summed E-state index contributed by atoms with van der Waals surface area (Å²) in [6, 6.07) is 11.4. The van der Waals surface area contributed by atoms with Gasteiger partial charge in [0.25, 0.3) is 0 Å². The smallest absolute Gasteiger partial charge is 0.130 e. The molecule has 2 aromatic rings. The van der Waals surface area contributed by atoms with Crippen LogP contribution >= 0.6 is 22.6 Å².